The van der Waals surface area contributed by atoms with Gasteiger partial charge >= 0.3 is 0 Å². The molecule has 2 rings (SSSR count). The molecular weight excluding hydrogens is 256 g/mol. The Kier molecular flexibility index (Phi) is 2.61. The van der Waals surface area contributed by atoms with Crippen molar-refractivity contribution in [2.75, 3.05) is 0 Å². The van der Waals surface area contributed by atoms with Gasteiger partial charge in [0.25, 0.3) is 0 Å². The predicted molar refractivity (Wildman–Crippen MR) is 62.8 cm³/mol. The van der Waals surface area contributed by atoms with E-state index in [1.54, 1.807) is 6.92 Å². The number of carbonyl (C=O) groups is 1. The van der Waals surface area contributed by atoms with Crippen LogP contribution in [0.25, 0.3) is 11.0 Å². The number of imidazole rings is 1. The number of aromatic nitrogens is 2. The number of Topliss-reactive ketones (excluding diaryl/α,β-unsaturated/α-hetero) is 1. The van der Waals surface area contributed by atoms with Gasteiger partial charge in [0.2, 0.25) is 0 Å². The molecule has 0 radical (unpaired) electrons. The normalized spacial score (nSPS) is 10.9. The van der Waals surface area contributed by atoms with Crippen LogP contribution in [0.2, 0.25) is 0 Å². The Morgan fingerprint density at radius 3 is 2.93 bits per heavy atom. The summed E-state index contributed by atoms with van der Waals surface area (Å²) in [6, 6.07) is 5.93. The van der Waals surface area contributed by atoms with Gasteiger partial charge in [-0.05, 0) is 25.1 Å². The number of fused-ring (bicyclic) bond motifs is 1. The number of carbonyl (C=O) groups excluding carboxylic acids is 1. The number of benzene rings is 1. The summed E-state index contributed by atoms with van der Waals surface area (Å²) in [6.45, 7) is 1.58. The van der Waals surface area contributed by atoms with Gasteiger partial charge in [-0.15, -0.1) is 0 Å². The molecule has 1 heterocycles. The van der Waals surface area contributed by atoms with E-state index in [9.17, 15) is 4.79 Å². The van der Waals surface area contributed by atoms with E-state index in [4.69, 9.17) is 0 Å². The standard InChI is InChI=1S/C11H11BrN2O/c1-7(15)5-11-13-9-6-8(12)3-4-10(9)14(11)2/h3-4,6H,5H2,1-2H3. The molecule has 2 aromatic rings. The summed E-state index contributed by atoms with van der Waals surface area (Å²) < 4.78 is 2.96. The van der Waals surface area contributed by atoms with E-state index in [1.807, 2.05) is 29.8 Å². The van der Waals surface area contributed by atoms with Gasteiger partial charge in [0.15, 0.2) is 0 Å². The molecule has 0 aliphatic carbocycles. The zero-order valence-electron chi connectivity index (χ0n) is 8.62. The first kappa shape index (κ1) is 10.4. The molecule has 0 spiro atoms. The van der Waals surface area contributed by atoms with Crippen molar-refractivity contribution in [3.8, 4) is 0 Å². The van der Waals surface area contributed by atoms with Crippen LogP contribution in [0.4, 0.5) is 0 Å². The number of nitrogens with zero attached hydrogens (tertiary/aromatic N) is 2. The molecule has 1 aromatic heterocycles. The third-order valence-electron chi connectivity index (χ3n) is 2.34. The van der Waals surface area contributed by atoms with Crippen molar-refractivity contribution in [2.45, 2.75) is 13.3 Å². The number of hydrogen-bond donors (Lipinski definition) is 0. The summed E-state index contributed by atoms with van der Waals surface area (Å²) in [5, 5.41) is 0. The largest absolute Gasteiger partial charge is 0.331 e. The molecule has 3 nitrogen and oxygen atoms in total. The van der Waals surface area contributed by atoms with Crippen LogP contribution in [-0.4, -0.2) is 15.3 Å². The lowest BCUT2D eigenvalue weighted by molar-refractivity contribution is -0.116. The fourth-order valence-corrected chi connectivity index (χ4v) is 1.95. The SMILES string of the molecule is CC(=O)Cc1nc2cc(Br)ccc2n1C. The quantitative estimate of drug-likeness (QED) is 0.837. The Morgan fingerprint density at radius 1 is 1.53 bits per heavy atom. The molecule has 0 atom stereocenters. The Morgan fingerprint density at radius 2 is 2.27 bits per heavy atom. The highest BCUT2D eigenvalue weighted by atomic mass is 79.9. The van der Waals surface area contributed by atoms with Gasteiger partial charge in [-0.2, -0.15) is 0 Å². The van der Waals surface area contributed by atoms with Crippen molar-refractivity contribution in [2.24, 2.45) is 7.05 Å². The number of hydrogen-bond acceptors (Lipinski definition) is 2. The molecule has 78 valence electrons. The Bertz CT molecular complexity index is 531. The van der Waals surface area contributed by atoms with Crippen LogP contribution in [0.15, 0.2) is 22.7 Å². The van der Waals surface area contributed by atoms with E-state index >= 15 is 0 Å². The van der Waals surface area contributed by atoms with E-state index in [0.29, 0.717) is 6.42 Å². The second kappa shape index (κ2) is 3.77. The maximum atomic E-state index is 11.0. The average Bonchev–Trinajstić information content (AvgIpc) is 2.42. The van der Waals surface area contributed by atoms with E-state index in [-0.39, 0.29) is 5.78 Å². The molecule has 0 saturated carbocycles. The molecule has 1 aromatic carbocycles. The summed E-state index contributed by atoms with van der Waals surface area (Å²) in [5.41, 5.74) is 1.97. The second-order valence-electron chi connectivity index (χ2n) is 3.60. The van der Waals surface area contributed by atoms with Gasteiger partial charge in [0.05, 0.1) is 17.5 Å². The lowest BCUT2D eigenvalue weighted by Gasteiger charge is -1.98. The van der Waals surface area contributed by atoms with Gasteiger partial charge in [-0.3, -0.25) is 4.79 Å². The van der Waals surface area contributed by atoms with Crippen LogP contribution in [0.3, 0.4) is 0 Å². The maximum absolute atomic E-state index is 11.0. The number of ketones is 1. The first-order valence-electron chi connectivity index (χ1n) is 4.68. The highest BCUT2D eigenvalue weighted by Crippen LogP contribution is 2.20. The molecule has 0 aliphatic rings. The number of aryl methyl sites for hydroxylation is 1. The molecule has 4 heteroatoms. The molecule has 0 N–H and O–H groups in total. The molecule has 0 aliphatic heterocycles. The first-order valence-corrected chi connectivity index (χ1v) is 5.47. The third-order valence-corrected chi connectivity index (χ3v) is 2.84. The van der Waals surface area contributed by atoms with Crippen LogP contribution in [-0.2, 0) is 18.3 Å². The monoisotopic (exact) mass is 266 g/mol. The Balaban J connectivity index is 2.58. The summed E-state index contributed by atoms with van der Waals surface area (Å²) in [4.78, 5) is 15.5. The molecule has 0 amide bonds. The Hall–Kier alpha value is -1.16. The van der Waals surface area contributed by atoms with Crippen molar-refractivity contribution < 1.29 is 4.79 Å². The highest BCUT2D eigenvalue weighted by Gasteiger charge is 2.09. The van der Waals surface area contributed by atoms with Crippen LogP contribution in [0, 0.1) is 0 Å². The molecule has 15 heavy (non-hydrogen) atoms. The van der Waals surface area contributed by atoms with Crippen molar-refractivity contribution >= 4 is 32.7 Å². The summed E-state index contributed by atoms with van der Waals surface area (Å²) in [6.07, 6.45) is 0.392. The van der Waals surface area contributed by atoms with Crippen molar-refractivity contribution in [1.29, 1.82) is 0 Å². The van der Waals surface area contributed by atoms with Gasteiger partial charge in [-0.25, -0.2) is 4.98 Å². The van der Waals surface area contributed by atoms with E-state index in [2.05, 4.69) is 20.9 Å². The average molecular weight is 267 g/mol. The zero-order chi connectivity index (χ0) is 11.0. The third kappa shape index (κ3) is 1.95. The second-order valence-corrected chi connectivity index (χ2v) is 4.51. The first-order chi connectivity index (χ1) is 7.08. The highest BCUT2D eigenvalue weighted by molar-refractivity contribution is 9.10. The fraction of sp³-hybridized carbons (Fsp3) is 0.273. The maximum Gasteiger partial charge on any atom is 0.137 e. The molecular formula is C11H11BrN2O. The molecule has 0 bridgehead atoms. The van der Waals surface area contributed by atoms with Crippen molar-refractivity contribution in [3.05, 3.63) is 28.5 Å². The van der Waals surface area contributed by atoms with E-state index in [0.717, 1.165) is 21.3 Å². The van der Waals surface area contributed by atoms with E-state index < -0.39 is 0 Å². The molecule has 0 unspecified atom stereocenters. The number of halogens is 1. The minimum atomic E-state index is 0.132. The minimum absolute atomic E-state index is 0.132. The van der Waals surface area contributed by atoms with Crippen LogP contribution in [0.1, 0.15) is 12.7 Å². The summed E-state index contributed by atoms with van der Waals surface area (Å²) >= 11 is 3.40. The molecule has 0 fully saturated rings. The zero-order valence-corrected chi connectivity index (χ0v) is 10.2. The summed E-state index contributed by atoms with van der Waals surface area (Å²) in [5.74, 6) is 0.947. The van der Waals surface area contributed by atoms with Crippen LogP contribution in [0.5, 0.6) is 0 Å². The Labute approximate surface area is 96.2 Å². The lowest BCUT2D eigenvalue weighted by atomic mass is 10.3. The fourth-order valence-electron chi connectivity index (χ4n) is 1.60. The smallest absolute Gasteiger partial charge is 0.137 e. The number of rotatable bonds is 2. The summed E-state index contributed by atoms with van der Waals surface area (Å²) in [7, 11) is 1.93. The van der Waals surface area contributed by atoms with Gasteiger partial charge in [-0.1, -0.05) is 15.9 Å². The van der Waals surface area contributed by atoms with Gasteiger partial charge < -0.3 is 4.57 Å². The van der Waals surface area contributed by atoms with E-state index in [1.165, 1.54) is 0 Å². The van der Waals surface area contributed by atoms with Crippen molar-refractivity contribution in [3.63, 3.8) is 0 Å². The molecule has 0 saturated heterocycles. The van der Waals surface area contributed by atoms with Crippen LogP contribution >= 0.6 is 15.9 Å². The lowest BCUT2D eigenvalue weighted by Crippen LogP contribution is -2.03. The van der Waals surface area contributed by atoms with Gasteiger partial charge in [0, 0.05) is 11.5 Å². The predicted octanol–water partition coefficient (Wildman–Crippen LogP) is 2.47. The van der Waals surface area contributed by atoms with Gasteiger partial charge in [0.1, 0.15) is 11.6 Å². The minimum Gasteiger partial charge on any atom is -0.331 e. The van der Waals surface area contributed by atoms with Crippen molar-refractivity contribution in [1.82, 2.24) is 9.55 Å². The topological polar surface area (TPSA) is 34.9 Å². The van der Waals surface area contributed by atoms with Crippen LogP contribution < -0.4 is 0 Å².